The normalized spacial score (nSPS) is 18.7. The summed E-state index contributed by atoms with van der Waals surface area (Å²) in [6.07, 6.45) is 0.409. The first kappa shape index (κ1) is 20.2. The Morgan fingerprint density at radius 2 is 1.90 bits per heavy atom. The Morgan fingerprint density at radius 3 is 2.57 bits per heavy atom. The monoisotopic (exact) mass is 429 g/mol. The fourth-order valence-electron chi connectivity index (χ4n) is 3.63. The number of sulfonamides is 1. The van der Waals surface area contributed by atoms with Crippen molar-refractivity contribution in [3.05, 3.63) is 48.5 Å². The lowest BCUT2D eigenvalue weighted by Crippen LogP contribution is -2.49. The second-order valence-corrected chi connectivity index (χ2v) is 9.37. The van der Waals surface area contributed by atoms with Gasteiger partial charge >= 0.3 is 0 Å². The molecule has 2 heterocycles. The summed E-state index contributed by atoms with van der Waals surface area (Å²) in [7, 11) is -3.56. The van der Waals surface area contributed by atoms with Gasteiger partial charge < -0.3 is 15.0 Å². The van der Waals surface area contributed by atoms with Crippen molar-refractivity contribution < 1.29 is 22.7 Å². The van der Waals surface area contributed by atoms with Crippen LogP contribution in [0.25, 0.3) is 0 Å². The van der Waals surface area contributed by atoms with Gasteiger partial charge in [0.2, 0.25) is 15.9 Å². The average molecular weight is 429 g/mol. The number of ether oxygens (including phenoxy) is 1. The van der Waals surface area contributed by atoms with Crippen LogP contribution in [0.2, 0.25) is 0 Å². The summed E-state index contributed by atoms with van der Waals surface area (Å²) in [4.78, 5) is 26.4. The highest BCUT2D eigenvalue weighted by molar-refractivity contribution is 7.92. The first-order chi connectivity index (χ1) is 14.4. The molecule has 1 fully saturated rings. The van der Waals surface area contributed by atoms with E-state index in [2.05, 4.69) is 5.32 Å². The fourth-order valence-corrected chi connectivity index (χ4v) is 4.75. The van der Waals surface area contributed by atoms with Gasteiger partial charge in [0.05, 0.1) is 18.0 Å². The SMILES string of the molecule is CCS(=O)(=O)N1C[C@H](C(=O)Nc2ccc(N3CCCC3=O)cc2)Oc2ccccc21. The van der Waals surface area contributed by atoms with Crippen LogP contribution in [-0.2, 0) is 19.6 Å². The van der Waals surface area contributed by atoms with Crippen LogP contribution in [0.4, 0.5) is 17.1 Å². The van der Waals surface area contributed by atoms with Gasteiger partial charge in [-0.05, 0) is 49.7 Å². The third-order valence-corrected chi connectivity index (χ3v) is 6.99. The van der Waals surface area contributed by atoms with Crippen LogP contribution in [0, 0.1) is 0 Å². The van der Waals surface area contributed by atoms with E-state index < -0.39 is 22.0 Å². The minimum atomic E-state index is -3.56. The van der Waals surface area contributed by atoms with Gasteiger partial charge in [0.15, 0.2) is 6.10 Å². The van der Waals surface area contributed by atoms with Gasteiger partial charge in [-0.2, -0.15) is 0 Å². The molecule has 0 saturated carbocycles. The Hall–Kier alpha value is -3.07. The maximum absolute atomic E-state index is 12.8. The summed E-state index contributed by atoms with van der Waals surface area (Å²) < 4.78 is 32.1. The second-order valence-electron chi connectivity index (χ2n) is 7.19. The van der Waals surface area contributed by atoms with E-state index in [1.54, 1.807) is 60.4 Å². The number of rotatable bonds is 5. The zero-order valence-electron chi connectivity index (χ0n) is 16.6. The minimum Gasteiger partial charge on any atom is -0.476 e. The molecule has 2 aromatic carbocycles. The minimum absolute atomic E-state index is 0.0770. The number of para-hydroxylation sites is 2. The molecule has 1 saturated heterocycles. The number of hydrogen-bond acceptors (Lipinski definition) is 5. The van der Waals surface area contributed by atoms with Crippen molar-refractivity contribution in [2.45, 2.75) is 25.9 Å². The Balaban J connectivity index is 1.50. The van der Waals surface area contributed by atoms with E-state index >= 15 is 0 Å². The third kappa shape index (κ3) is 3.85. The lowest BCUT2D eigenvalue weighted by atomic mass is 10.2. The summed E-state index contributed by atoms with van der Waals surface area (Å²) >= 11 is 0. The number of carbonyl (C=O) groups is 2. The highest BCUT2D eigenvalue weighted by Crippen LogP contribution is 2.35. The van der Waals surface area contributed by atoms with Crippen molar-refractivity contribution in [1.29, 1.82) is 0 Å². The average Bonchev–Trinajstić information content (AvgIpc) is 3.19. The quantitative estimate of drug-likeness (QED) is 0.787. The van der Waals surface area contributed by atoms with Gasteiger partial charge in [0.25, 0.3) is 5.91 Å². The third-order valence-electron chi connectivity index (χ3n) is 5.25. The molecule has 2 aliphatic rings. The number of nitrogens with zero attached hydrogens (tertiary/aromatic N) is 2. The van der Waals surface area contributed by atoms with E-state index in [0.29, 0.717) is 30.1 Å². The Bertz CT molecular complexity index is 1070. The smallest absolute Gasteiger partial charge is 0.267 e. The van der Waals surface area contributed by atoms with Gasteiger partial charge in [-0.25, -0.2) is 8.42 Å². The summed E-state index contributed by atoms with van der Waals surface area (Å²) in [5.74, 6) is -0.0697. The molecule has 2 amide bonds. The standard InChI is InChI=1S/C21H23N3O5S/c1-2-30(27,28)24-14-19(29-18-7-4-3-6-17(18)24)21(26)22-15-9-11-16(12-10-15)23-13-5-8-20(23)25/h3-4,6-7,9-12,19H,2,5,8,13-14H2,1H3,(H,22,26)/t19-/m1/s1. The Morgan fingerprint density at radius 1 is 1.17 bits per heavy atom. The van der Waals surface area contributed by atoms with Crippen molar-refractivity contribution in [3.8, 4) is 5.75 Å². The summed E-state index contributed by atoms with van der Waals surface area (Å²) in [5, 5.41) is 2.77. The van der Waals surface area contributed by atoms with Gasteiger partial charge in [-0.3, -0.25) is 13.9 Å². The van der Waals surface area contributed by atoms with Crippen LogP contribution in [0.15, 0.2) is 48.5 Å². The lowest BCUT2D eigenvalue weighted by molar-refractivity contribution is -0.122. The molecule has 1 atom stereocenters. The van der Waals surface area contributed by atoms with Crippen LogP contribution >= 0.6 is 0 Å². The van der Waals surface area contributed by atoms with Gasteiger partial charge in [-0.15, -0.1) is 0 Å². The van der Waals surface area contributed by atoms with Crippen LogP contribution in [0.5, 0.6) is 5.75 Å². The molecular weight excluding hydrogens is 406 g/mol. The zero-order chi connectivity index (χ0) is 21.3. The predicted molar refractivity (Wildman–Crippen MR) is 114 cm³/mol. The molecule has 0 aliphatic carbocycles. The van der Waals surface area contributed by atoms with Gasteiger partial charge in [0.1, 0.15) is 5.75 Å². The molecular formula is C21H23N3O5S. The fraction of sp³-hybridized carbons (Fsp3) is 0.333. The van der Waals surface area contributed by atoms with E-state index in [9.17, 15) is 18.0 Å². The molecule has 158 valence electrons. The number of benzene rings is 2. The maximum Gasteiger partial charge on any atom is 0.267 e. The highest BCUT2D eigenvalue weighted by atomic mass is 32.2. The van der Waals surface area contributed by atoms with E-state index in [4.69, 9.17) is 4.74 Å². The maximum atomic E-state index is 12.8. The largest absolute Gasteiger partial charge is 0.476 e. The van der Waals surface area contributed by atoms with Crippen molar-refractivity contribution in [2.75, 3.05) is 33.4 Å². The summed E-state index contributed by atoms with van der Waals surface area (Å²) in [6.45, 7) is 2.16. The summed E-state index contributed by atoms with van der Waals surface area (Å²) in [6, 6.07) is 13.8. The van der Waals surface area contributed by atoms with Gasteiger partial charge in [-0.1, -0.05) is 12.1 Å². The topological polar surface area (TPSA) is 96.0 Å². The molecule has 0 spiro atoms. The predicted octanol–water partition coefficient (Wildman–Crippen LogP) is 2.37. The van der Waals surface area contributed by atoms with Crippen molar-refractivity contribution in [2.24, 2.45) is 0 Å². The Kier molecular flexibility index (Phi) is 5.38. The molecule has 8 nitrogen and oxygen atoms in total. The van der Waals surface area contributed by atoms with E-state index in [1.165, 1.54) is 4.31 Å². The van der Waals surface area contributed by atoms with Crippen molar-refractivity contribution in [1.82, 2.24) is 0 Å². The number of amides is 2. The van der Waals surface area contributed by atoms with Crippen LogP contribution < -0.4 is 19.3 Å². The number of fused-ring (bicyclic) bond motifs is 1. The van der Waals surface area contributed by atoms with E-state index in [0.717, 1.165) is 12.1 Å². The van der Waals surface area contributed by atoms with Crippen molar-refractivity contribution in [3.63, 3.8) is 0 Å². The van der Waals surface area contributed by atoms with Crippen LogP contribution in [-0.4, -0.2) is 45.2 Å². The van der Waals surface area contributed by atoms with Gasteiger partial charge in [0, 0.05) is 24.3 Å². The van der Waals surface area contributed by atoms with E-state index in [-0.39, 0.29) is 18.2 Å². The van der Waals surface area contributed by atoms with Crippen molar-refractivity contribution >= 4 is 38.9 Å². The van der Waals surface area contributed by atoms with Crippen LogP contribution in [0.3, 0.4) is 0 Å². The summed E-state index contributed by atoms with van der Waals surface area (Å²) in [5.41, 5.74) is 1.77. The molecule has 0 aromatic heterocycles. The first-order valence-electron chi connectivity index (χ1n) is 9.86. The Labute approximate surface area is 175 Å². The van der Waals surface area contributed by atoms with Crippen LogP contribution in [0.1, 0.15) is 19.8 Å². The number of anilines is 3. The molecule has 2 aromatic rings. The number of carbonyl (C=O) groups excluding carboxylic acids is 2. The lowest BCUT2D eigenvalue weighted by Gasteiger charge is -2.34. The first-order valence-corrected chi connectivity index (χ1v) is 11.5. The highest BCUT2D eigenvalue weighted by Gasteiger charge is 2.36. The molecule has 0 bridgehead atoms. The molecule has 30 heavy (non-hydrogen) atoms. The van der Waals surface area contributed by atoms with E-state index in [1.807, 2.05) is 0 Å². The number of hydrogen-bond donors (Lipinski definition) is 1. The molecule has 0 radical (unpaired) electrons. The molecule has 0 unspecified atom stereocenters. The number of nitrogens with one attached hydrogen (secondary N) is 1. The molecule has 2 aliphatic heterocycles. The molecule has 1 N–H and O–H groups in total. The molecule has 9 heteroatoms. The molecule has 4 rings (SSSR count). The second kappa shape index (κ2) is 7.98. The zero-order valence-corrected chi connectivity index (χ0v) is 17.4.